The molecule has 0 atom stereocenters. The van der Waals surface area contributed by atoms with Crippen LogP contribution in [-0.2, 0) is 6.42 Å². The van der Waals surface area contributed by atoms with Crippen molar-refractivity contribution in [3.05, 3.63) is 71.9 Å². The molecule has 0 aliphatic rings. The molecule has 0 amide bonds. The molecule has 0 aliphatic heterocycles. The van der Waals surface area contributed by atoms with Crippen LogP contribution in [0.1, 0.15) is 37.6 Å². The third kappa shape index (κ3) is 2.87. The fourth-order valence-corrected chi connectivity index (χ4v) is 3.00. The van der Waals surface area contributed by atoms with Gasteiger partial charge in [0, 0.05) is 22.2 Å². The van der Waals surface area contributed by atoms with E-state index in [2.05, 4.69) is 73.1 Å². The van der Waals surface area contributed by atoms with Gasteiger partial charge in [-0.1, -0.05) is 56.0 Å². The predicted molar refractivity (Wildman–Crippen MR) is 103 cm³/mol. The highest BCUT2D eigenvalue weighted by Gasteiger charge is 2.10. The number of aryl methyl sites for hydroxylation is 1. The van der Waals surface area contributed by atoms with E-state index in [0.717, 1.165) is 23.2 Å². The van der Waals surface area contributed by atoms with Gasteiger partial charge in [-0.3, -0.25) is 0 Å². The Bertz CT molecular complexity index is 876. The molecule has 0 bridgehead atoms. The topological polar surface area (TPSA) is 15.8 Å². The summed E-state index contributed by atoms with van der Waals surface area (Å²) in [5, 5.41) is 1.25. The van der Waals surface area contributed by atoms with Crippen LogP contribution < -0.4 is 0 Å². The van der Waals surface area contributed by atoms with Crippen LogP contribution >= 0.6 is 0 Å². The van der Waals surface area contributed by atoms with Crippen molar-refractivity contribution in [3.8, 4) is 11.1 Å². The number of nitrogens with one attached hydrogen (secondary N) is 1. The number of fused-ring (bicyclic) bond motifs is 1. The molecule has 23 heavy (non-hydrogen) atoms. The van der Waals surface area contributed by atoms with Crippen molar-refractivity contribution >= 4 is 22.6 Å². The van der Waals surface area contributed by atoms with Gasteiger partial charge in [0.15, 0.2) is 0 Å². The summed E-state index contributed by atoms with van der Waals surface area (Å²) in [6.07, 6.45) is 5.31. The average Bonchev–Trinajstić information content (AvgIpc) is 2.93. The molecule has 0 fully saturated rings. The molecule has 3 rings (SSSR count). The Labute approximate surface area is 138 Å². The maximum absolute atomic E-state index is 4.10. The van der Waals surface area contributed by atoms with Gasteiger partial charge in [-0.05, 0) is 54.7 Å². The maximum Gasteiger partial charge on any atom is 0.0488 e. The Morgan fingerprint density at radius 2 is 1.78 bits per heavy atom. The Morgan fingerprint density at radius 3 is 2.39 bits per heavy atom. The van der Waals surface area contributed by atoms with Crippen molar-refractivity contribution in [2.45, 2.75) is 27.2 Å². The minimum atomic E-state index is 1.06. The number of hydrogen-bond donors (Lipinski definition) is 1. The van der Waals surface area contributed by atoms with Crippen molar-refractivity contribution in [1.29, 1.82) is 0 Å². The van der Waals surface area contributed by atoms with Gasteiger partial charge >= 0.3 is 0 Å². The first-order valence-electron chi connectivity index (χ1n) is 8.17. The highest BCUT2D eigenvalue weighted by Crippen LogP contribution is 2.31. The second-order valence-electron chi connectivity index (χ2n) is 6.00. The molecule has 1 N–H and O–H groups in total. The number of allylic oxidation sites excluding steroid dienone is 2. The summed E-state index contributed by atoms with van der Waals surface area (Å²) in [7, 11) is 0. The molecule has 0 spiro atoms. The number of rotatable bonds is 4. The van der Waals surface area contributed by atoms with Crippen molar-refractivity contribution in [1.82, 2.24) is 4.98 Å². The molecule has 116 valence electrons. The number of aromatic amines is 1. The van der Waals surface area contributed by atoms with E-state index in [1.54, 1.807) is 0 Å². The van der Waals surface area contributed by atoms with Crippen LogP contribution in [0.15, 0.2) is 55.1 Å². The maximum atomic E-state index is 4.10. The van der Waals surface area contributed by atoms with E-state index in [1.165, 1.54) is 27.6 Å². The van der Waals surface area contributed by atoms with Crippen molar-refractivity contribution in [3.63, 3.8) is 0 Å². The molecule has 3 aromatic rings. The van der Waals surface area contributed by atoms with E-state index in [-0.39, 0.29) is 0 Å². The zero-order valence-corrected chi connectivity index (χ0v) is 14.1. The predicted octanol–water partition coefficient (Wildman–Crippen LogP) is 6.46. The van der Waals surface area contributed by atoms with Crippen LogP contribution in [0.5, 0.6) is 0 Å². The molecule has 1 nitrogen and oxygen atoms in total. The molecule has 0 radical (unpaired) electrons. The van der Waals surface area contributed by atoms with Gasteiger partial charge in [0.2, 0.25) is 0 Å². The summed E-state index contributed by atoms with van der Waals surface area (Å²) in [5.74, 6) is 0. The third-order valence-electron chi connectivity index (χ3n) is 4.29. The summed E-state index contributed by atoms with van der Waals surface area (Å²) >= 11 is 0. The van der Waals surface area contributed by atoms with Crippen LogP contribution in [-0.4, -0.2) is 4.98 Å². The van der Waals surface area contributed by atoms with E-state index in [4.69, 9.17) is 0 Å². The van der Waals surface area contributed by atoms with Crippen molar-refractivity contribution < 1.29 is 0 Å². The van der Waals surface area contributed by atoms with Gasteiger partial charge in [0.25, 0.3) is 0 Å². The van der Waals surface area contributed by atoms with E-state index >= 15 is 0 Å². The number of aromatic nitrogens is 1. The SMILES string of the molecule is C=C(C)c1[nH]c2ccc(-c3ccc(CC)cc3)cc2c1C=CC. The summed E-state index contributed by atoms with van der Waals surface area (Å²) in [4.78, 5) is 3.49. The lowest BCUT2D eigenvalue weighted by molar-refractivity contribution is 1.14. The molecular formula is C22H23N. The summed E-state index contributed by atoms with van der Waals surface area (Å²) < 4.78 is 0. The van der Waals surface area contributed by atoms with E-state index in [9.17, 15) is 0 Å². The fraction of sp³-hybridized carbons (Fsp3) is 0.182. The summed E-state index contributed by atoms with van der Waals surface area (Å²) in [6.45, 7) is 10.4. The van der Waals surface area contributed by atoms with E-state index in [1.807, 2.05) is 13.8 Å². The molecule has 0 unspecified atom stereocenters. The van der Waals surface area contributed by atoms with Crippen LogP contribution in [0.25, 0.3) is 33.7 Å². The molecule has 1 heterocycles. The first-order chi connectivity index (χ1) is 11.1. The quantitative estimate of drug-likeness (QED) is 0.569. The monoisotopic (exact) mass is 301 g/mol. The van der Waals surface area contributed by atoms with Crippen molar-refractivity contribution in [2.24, 2.45) is 0 Å². The Morgan fingerprint density at radius 1 is 1.09 bits per heavy atom. The molecule has 2 aromatic carbocycles. The molecule has 0 saturated heterocycles. The smallest absolute Gasteiger partial charge is 0.0488 e. The second-order valence-corrected chi connectivity index (χ2v) is 6.00. The standard InChI is InChI=1S/C22H23N/c1-5-7-19-20-14-18(17-10-8-16(6-2)9-11-17)12-13-21(20)23-22(19)15(3)4/h5,7-14,23H,3,6H2,1-2,4H3. The van der Waals surface area contributed by atoms with Gasteiger partial charge in [0.1, 0.15) is 0 Å². The molecule has 1 aromatic heterocycles. The first kappa shape index (κ1) is 15.4. The van der Waals surface area contributed by atoms with Gasteiger partial charge in [-0.25, -0.2) is 0 Å². The highest BCUT2D eigenvalue weighted by atomic mass is 14.7. The zero-order valence-electron chi connectivity index (χ0n) is 14.1. The van der Waals surface area contributed by atoms with Gasteiger partial charge in [-0.2, -0.15) is 0 Å². The summed E-state index contributed by atoms with van der Waals surface area (Å²) in [6, 6.07) is 15.5. The minimum absolute atomic E-state index is 1.06. The van der Waals surface area contributed by atoms with Crippen molar-refractivity contribution in [2.75, 3.05) is 0 Å². The molecule has 0 saturated carbocycles. The fourth-order valence-electron chi connectivity index (χ4n) is 3.00. The van der Waals surface area contributed by atoms with Gasteiger partial charge in [-0.15, -0.1) is 0 Å². The lowest BCUT2D eigenvalue weighted by Crippen LogP contribution is -1.82. The number of hydrogen-bond acceptors (Lipinski definition) is 0. The number of H-pyrrole nitrogens is 1. The average molecular weight is 301 g/mol. The number of benzene rings is 2. The highest BCUT2D eigenvalue weighted by molar-refractivity contribution is 5.96. The first-order valence-corrected chi connectivity index (χ1v) is 8.17. The largest absolute Gasteiger partial charge is 0.354 e. The second kappa shape index (κ2) is 6.29. The van der Waals surface area contributed by atoms with E-state index < -0.39 is 0 Å². The van der Waals surface area contributed by atoms with Crippen LogP contribution in [0.4, 0.5) is 0 Å². The van der Waals surface area contributed by atoms with E-state index in [0.29, 0.717) is 0 Å². The third-order valence-corrected chi connectivity index (χ3v) is 4.29. The van der Waals surface area contributed by atoms with Crippen LogP contribution in [0.3, 0.4) is 0 Å². The van der Waals surface area contributed by atoms with Gasteiger partial charge < -0.3 is 4.98 Å². The Hall–Kier alpha value is -2.54. The molecule has 1 heteroatoms. The zero-order chi connectivity index (χ0) is 16.4. The molecular weight excluding hydrogens is 278 g/mol. The molecule has 0 aliphatic carbocycles. The minimum Gasteiger partial charge on any atom is -0.354 e. The lowest BCUT2D eigenvalue weighted by atomic mass is 9.99. The Kier molecular flexibility index (Phi) is 4.20. The normalized spacial score (nSPS) is 11.4. The Balaban J connectivity index is 2.16. The summed E-state index contributed by atoms with van der Waals surface area (Å²) in [5.41, 5.74) is 8.44. The lowest BCUT2D eigenvalue weighted by Gasteiger charge is -2.04. The van der Waals surface area contributed by atoms with Crippen LogP contribution in [0.2, 0.25) is 0 Å². The van der Waals surface area contributed by atoms with Crippen LogP contribution in [0, 0.1) is 0 Å². The van der Waals surface area contributed by atoms with Gasteiger partial charge in [0.05, 0.1) is 0 Å².